The molecular weight excluding hydrogens is 300 g/mol. The Morgan fingerprint density at radius 1 is 1.32 bits per heavy atom. The van der Waals surface area contributed by atoms with Gasteiger partial charge in [-0.3, -0.25) is 4.79 Å². The van der Waals surface area contributed by atoms with Crippen LogP contribution in [0, 0.1) is 25.2 Å². The molecule has 0 aliphatic rings. The van der Waals surface area contributed by atoms with Crippen molar-refractivity contribution in [2.75, 3.05) is 11.9 Å². The summed E-state index contributed by atoms with van der Waals surface area (Å²) in [7, 11) is 0. The quantitative estimate of drug-likeness (QED) is 0.932. The number of rotatable bonds is 4. The Labute approximate surface area is 134 Å². The molecule has 2 aromatic carbocycles. The van der Waals surface area contributed by atoms with E-state index in [-0.39, 0.29) is 12.5 Å². The summed E-state index contributed by atoms with van der Waals surface area (Å²) >= 11 is 5.99. The Hall–Kier alpha value is -2.51. The van der Waals surface area contributed by atoms with Crippen molar-refractivity contribution in [1.82, 2.24) is 0 Å². The van der Waals surface area contributed by atoms with E-state index in [0.717, 1.165) is 16.8 Å². The molecule has 0 heterocycles. The van der Waals surface area contributed by atoms with Crippen molar-refractivity contribution in [2.45, 2.75) is 13.8 Å². The first-order chi connectivity index (χ1) is 10.5. The Morgan fingerprint density at radius 2 is 2.09 bits per heavy atom. The van der Waals surface area contributed by atoms with Crippen molar-refractivity contribution in [3.63, 3.8) is 0 Å². The third-order valence-corrected chi connectivity index (χ3v) is 3.59. The minimum atomic E-state index is -0.269. The molecule has 2 rings (SSSR count). The third kappa shape index (κ3) is 3.78. The summed E-state index contributed by atoms with van der Waals surface area (Å²) in [6.07, 6.45) is 0. The van der Waals surface area contributed by atoms with E-state index < -0.39 is 0 Å². The number of aryl methyl sites for hydroxylation is 1. The topological polar surface area (TPSA) is 62.1 Å². The van der Waals surface area contributed by atoms with Gasteiger partial charge in [-0.05, 0) is 49.2 Å². The van der Waals surface area contributed by atoms with E-state index in [4.69, 9.17) is 21.6 Å². The van der Waals surface area contributed by atoms with Crippen molar-refractivity contribution in [1.29, 1.82) is 5.26 Å². The molecule has 2 aromatic rings. The summed E-state index contributed by atoms with van der Waals surface area (Å²) in [5.41, 5.74) is 3.33. The first kappa shape index (κ1) is 15.9. The maximum atomic E-state index is 12.0. The number of carbonyl (C=O) groups excluding carboxylic acids is 1. The number of halogens is 1. The zero-order valence-electron chi connectivity index (χ0n) is 12.3. The van der Waals surface area contributed by atoms with Gasteiger partial charge in [0.2, 0.25) is 0 Å². The van der Waals surface area contributed by atoms with E-state index in [1.54, 1.807) is 12.1 Å². The molecule has 4 nitrogen and oxygen atoms in total. The van der Waals surface area contributed by atoms with E-state index in [1.807, 2.05) is 38.1 Å². The van der Waals surface area contributed by atoms with Crippen LogP contribution in [0.25, 0.3) is 0 Å². The molecule has 0 bridgehead atoms. The molecule has 0 unspecified atom stereocenters. The van der Waals surface area contributed by atoms with Crippen LogP contribution in [-0.4, -0.2) is 12.5 Å². The number of nitrogens with one attached hydrogen (secondary N) is 1. The number of amides is 1. The number of carbonyl (C=O) groups is 1. The van der Waals surface area contributed by atoms with Crippen molar-refractivity contribution in [2.24, 2.45) is 0 Å². The lowest BCUT2D eigenvalue weighted by molar-refractivity contribution is -0.118. The average Bonchev–Trinajstić information content (AvgIpc) is 2.50. The lowest BCUT2D eigenvalue weighted by Gasteiger charge is -2.11. The maximum absolute atomic E-state index is 12.0. The van der Waals surface area contributed by atoms with Crippen LogP contribution < -0.4 is 10.1 Å². The predicted octanol–water partition coefficient (Wildman–Crippen LogP) is 3.85. The van der Waals surface area contributed by atoms with E-state index in [1.165, 1.54) is 6.07 Å². The van der Waals surface area contributed by atoms with Crippen LogP contribution in [0.5, 0.6) is 5.75 Å². The molecule has 1 amide bonds. The SMILES string of the molecule is Cc1cccc(NC(=O)COc2ccc(C#N)cc2Cl)c1C. The zero-order chi connectivity index (χ0) is 16.1. The summed E-state index contributed by atoms with van der Waals surface area (Å²) in [6, 6.07) is 12.4. The van der Waals surface area contributed by atoms with Gasteiger partial charge in [0.05, 0.1) is 16.7 Å². The molecule has 0 saturated heterocycles. The van der Waals surface area contributed by atoms with Crippen molar-refractivity contribution in [3.8, 4) is 11.8 Å². The maximum Gasteiger partial charge on any atom is 0.262 e. The Kier molecular flexibility index (Phi) is 5.03. The van der Waals surface area contributed by atoms with Gasteiger partial charge in [-0.25, -0.2) is 0 Å². The average molecular weight is 315 g/mol. The van der Waals surface area contributed by atoms with Crippen LogP contribution >= 0.6 is 11.6 Å². The molecule has 0 atom stereocenters. The smallest absolute Gasteiger partial charge is 0.262 e. The van der Waals surface area contributed by atoms with Gasteiger partial charge in [0.1, 0.15) is 5.75 Å². The summed E-state index contributed by atoms with van der Waals surface area (Å²) < 4.78 is 5.39. The largest absolute Gasteiger partial charge is 0.482 e. The normalized spacial score (nSPS) is 9.91. The molecule has 0 aliphatic heterocycles. The zero-order valence-corrected chi connectivity index (χ0v) is 13.1. The van der Waals surface area contributed by atoms with Crippen LogP contribution in [0.4, 0.5) is 5.69 Å². The Morgan fingerprint density at radius 3 is 2.77 bits per heavy atom. The summed E-state index contributed by atoms with van der Waals surface area (Å²) in [4.78, 5) is 12.0. The highest BCUT2D eigenvalue weighted by atomic mass is 35.5. The number of benzene rings is 2. The van der Waals surface area contributed by atoms with E-state index in [9.17, 15) is 4.79 Å². The minimum Gasteiger partial charge on any atom is -0.482 e. The Balaban J connectivity index is 1.99. The number of nitrogens with zero attached hydrogens (tertiary/aromatic N) is 1. The molecule has 1 N–H and O–H groups in total. The second-order valence-corrected chi connectivity index (χ2v) is 5.25. The second kappa shape index (κ2) is 6.97. The highest BCUT2D eigenvalue weighted by Crippen LogP contribution is 2.25. The van der Waals surface area contributed by atoms with Gasteiger partial charge in [-0.1, -0.05) is 23.7 Å². The van der Waals surface area contributed by atoms with Gasteiger partial charge in [-0.2, -0.15) is 5.26 Å². The summed E-state index contributed by atoms with van der Waals surface area (Å²) in [6.45, 7) is 3.78. The number of anilines is 1. The third-order valence-electron chi connectivity index (χ3n) is 3.30. The van der Waals surface area contributed by atoms with Crippen LogP contribution in [0.1, 0.15) is 16.7 Å². The van der Waals surface area contributed by atoms with Gasteiger partial charge in [0.25, 0.3) is 5.91 Å². The van der Waals surface area contributed by atoms with Gasteiger partial charge >= 0.3 is 0 Å². The van der Waals surface area contributed by atoms with Gasteiger partial charge < -0.3 is 10.1 Å². The van der Waals surface area contributed by atoms with Crippen LogP contribution in [0.15, 0.2) is 36.4 Å². The molecule has 22 heavy (non-hydrogen) atoms. The van der Waals surface area contributed by atoms with E-state index >= 15 is 0 Å². The van der Waals surface area contributed by atoms with Crippen molar-refractivity contribution in [3.05, 3.63) is 58.1 Å². The number of nitriles is 1. The first-order valence-corrected chi connectivity index (χ1v) is 7.07. The van der Waals surface area contributed by atoms with E-state index in [2.05, 4.69) is 5.32 Å². The van der Waals surface area contributed by atoms with Crippen molar-refractivity contribution < 1.29 is 9.53 Å². The lowest BCUT2D eigenvalue weighted by Crippen LogP contribution is -2.20. The lowest BCUT2D eigenvalue weighted by atomic mass is 10.1. The fraction of sp³-hybridized carbons (Fsp3) is 0.176. The summed E-state index contributed by atoms with van der Waals surface area (Å²) in [5, 5.41) is 11.9. The van der Waals surface area contributed by atoms with Gasteiger partial charge in [-0.15, -0.1) is 0 Å². The monoisotopic (exact) mass is 314 g/mol. The van der Waals surface area contributed by atoms with Gasteiger partial charge in [0.15, 0.2) is 6.61 Å². The number of hydrogen-bond acceptors (Lipinski definition) is 3. The molecular formula is C17H15ClN2O2. The molecule has 0 saturated carbocycles. The number of hydrogen-bond donors (Lipinski definition) is 1. The fourth-order valence-corrected chi connectivity index (χ4v) is 2.14. The first-order valence-electron chi connectivity index (χ1n) is 6.70. The second-order valence-electron chi connectivity index (χ2n) is 4.84. The van der Waals surface area contributed by atoms with Crippen LogP contribution in [0.3, 0.4) is 0 Å². The molecule has 0 aromatic heterocycles. The molecule has 0 radical (unpaired) electrons. The highest BCUT2D eigenvalue weighted by molar-refractivity contribution is 6.32. The minimum absolute atomic E-state index is 0.154. The van der Waals surface area contributed by atoms with E-state index in [0.29, 0.717) is 16.3 Å². The molecule has 0 fully saturated rings. The number of ether oxygens (including phenoxy) is 1. The summed E-state index contributed by atoms with van der Waals surface area (Å²) in [5.74, 6) is 0.103. The standard InChI is InChI=1S/C17H15ClN2O2/c1-11-4-3-5-15(12(11)2)20-17(21)10-22-16-7-6-13(9-19)8-14(16)18/h3-8H,10H2,1-2H3,(H,20,21). The van der Waals surface area contributed by atoms with Crippen LogP contribution in [0.2, 0.25) is 5.02 Å². The molecule has 5 heteroatoms. The van der Waals surface area contributed by atoms with Crippen LogP contribution in [-0.2, 0) is 4.79 Å². The van der Waals surface area contributed by atoms with Crippen molar-refractivity contribution >= 4 is 23.2 Å². The highest BCUT2D eigenvalue weighted by Gasteiger charge is 2.09. The molecule has 0 aliphatic carbocycles. The predicted molar refractivity (Wildman–Crippen MR) is 86.2 cm³/mol. The van der Waals surface area contributed by atoms with Gasteiger partial charge in [0, 0.05) is 5.69 Å². The Bertz CT molecular complexity index is 751. The fourth-order valence-electron chi connectivity index (χ4n) is 1.90. The molecule has 0 spiro atoms. The molecule has 112 valence electrons.